The monoisotopic (exact) mass is 238 g/mol. The zero-order valence-electron chi connectivity index (χ0n) is 9.23. The third-order valence-electron chi connectivity index (χ3n) is 2.79. The Morgan fingerprint density at radius 3 is 2.59 bits per heavy atom. The summed E-state index contributed by atoms with van der Waals surface area (Å²) in [7, 11) is 1.21. The number of methoxy groups -OCH3 is 1. The summed E-state index contributed by atoms with van der Waals surface area (Å²) in [6, 6.07) is 5.23. The Balaban J connectivity index is 2.33. The van der Waals surface area contributed by atoms with Gasteiger partial charge in [-0.3, -0.25) is 9.59 Å². The van der Waals surface area contributed by atoms with Gasteiger partial charge in [0.1, 0.15) is 5.82 Å². The number of hydrogen-bond donors (Lipinski definition) is 0. The molecule has 0 amide bonds. The number of ether oxygens (including phenoxy) is 2. The number of carbonyl (C=O) groups excluding carboxylic acids is 2. The highest BCUT2D eigenvalue weighted by Crippen LogP contribution is 2.33. The van der Waals surface area contributed by atoms with Crippen LogP contribution in [0.15, 0.2) is 24.3 Å². The van der Waals surface area contributed by atoms with Crippen LogP contribution in [0.25, 0.3) is 0 Å². The fourth-order valence-corrected chi connectivity index (χ4v) is 1.75. The maximum Gasteiger partial charge on any atom is 0.324 e. The molecule has 0 aliphatic carbocycles. The number of halogens is 1. The molecule has 5 heteroatoms. The SMILES string of the molecule is COC(=O)C1(C(=O)c2cccc(F)c2)COC1. The van der Waals surface area contributed by atoms with Crippen molar-refractivity contribution in [1.82, 2.24) is 0 Å². The Morgan fingerprint density at radius 2 is 2.12 bits per heavy atom. The first-order valence-electron chi connectivity index (χ1n) is 5.07. The average Bonchev–Trinajstić information content (AvgIpc) is 2.27. The molecule has 1 aromatic carbocycles. The van der Waals surface area contributed by atoms with E-state index in [1.807, 2.05) is 0 Å². The van der Waals surface area contributed by atoms with E-state index in [0.717, 1.165) is 6.07 Å². The maximum atomic E-state index is 13.0. The lowest BCUT2D eigenvalue weighted by molar-refractivity contribution is -0.172. The van der Waals surface area contributed by atoms with Crippen LogP contribution in [-0.2, 0) is 14.3 Å². The van der Waals surface area contributed by atoms with Crippen LogP contribution in [0.2, 0.25) is 0 Å². The summed E-state index contributed by atoms with van der Waals surface area (Å²) in [6.07, 6.45) is 0. The molecule has 1 fully saturated rings. The molecule has 0 radical (unpaired) electrons. The minimum atomic E-state index is -1.30. The molecular weight excluding hydrogens is 227 g/mol. The second-order valence-electron chi connectivity index (χ2n) is 3.91. The smallest absolute Gasteiger partial charge is 0.324 e. The average molecular weight is 238 g/mol. The molecule has 1 aliphatic rings. The highest BCUT2D eigenvalue weighted by atomic mass is 19.1. The summed E-state index contributed by atoms with van der Waals surface area (Å²) in [5.74, 6) is -1.62. The van der Waals surface area contributed by atoms with E-state index in [9.17, 15) is 14.0 Å². The maximum absolute atomic E-state index is 13.0. The fraction of sp³-hybridized carbons (Fsp3) is 0.333. The van der Waals surface area contributed by atoms with E-state index in [-0.39, 0.29) is 18.8 Å². The lowest BCUT2D eigenvalue weighted by atomic mass is 9.78. The molecule has 0 spiro atoms. The molecular formula is C12H11FO4. The lowest BCUT2D eigenvalue weighted by Gasteiger charge is -2.36. The Kier molecular flexibility index (Phi) is 2.93. The first-order valence-corrected chi connectivity index (χ1v) is 5.07. The third kappa shape index (κ3) is 1.82. The largest absolute Gasteiger partial charge is 0.468 e. The van der Waals surface area contributed by atoms with Gasteiger partial charge in [-0.25, -0.2) is 4.39 Å². The molecule has 1 aromatic rings. The van der Waals surface area contributed by atoms with Gasteiger partial charge in [0.15, 0.2) is 11.2 Å². The van der Waals surface area contributed by atoms with Gasteiger partial charge in [0.25, 0.3) is 0 Å². The zero-order chi connectivity index (χ0) is 12.5. The number of benzene rings is 1. The number of rotatable bonds is 3. The molecule has 0 aromatic heterocycles. The van der Waals surface area contributed by atoms with E-state index < -0.39 is 23.0 Å². The molecule has 1 aliphatic heterocycles. The van der Waals surface area contributed by atoms with E-state index >= 15 is 0 Å². The normalized spacial score (nSPS) is 17.1. The van der Waals surface area contributed by atoms with Crippen LogP contribution in [0.4, 0.5) is 4.39 Å². The van der Waals surface area contributed by atoms with Crippen LogP contribution in [0.1, 0.15) is 10.4 Å². The van der Waals surface area contributed by atoms with Crippen LogP contribution in [0.3, 0.4) is 0 Å². The molecule has 0 N–H and O–H groups in total. The minimum Gasteiger partial charge on any atom is -0.468 e. The highest BCUT2D eigenvalue weighted by molar-refractivity contribution is 6.13. The Labute approximate surface area is 97.3 Å². The van der Waals surface area contributed by atoms with Crippen LogP contribution >= 0.6 is 0 Å². The zero-order valence-corrected chi connectivity index (χ0v) is 9.23. The van der Waals surface area contributed by atoms with Crippen molar-refractivity contribution in [2.24, 2.45) is 5.41 Å². The molecule has 0 atom stereocenters. The second kappa shape index (κ2) is 4.25. The van der Waals surface area contributed by atoms with Crippen molar-refractivity contribution in [2.75, 3.05) is 20.3 Å². The Hall–Kier alpha value is -1.75. The van der Waals surface area contributed by atoms with E-state index in [1.54, 1.807) is 0 Å². The van der Waals surface area contributed by atoms with Crippen molar-refractivity contribution in [3.05, 3.63) is 35.6 Å². The van der Waals surface area contributed by atoms with Crippen LogP contribution < -0.4 is 0 Å². The highest BCUT2D eigenvalue weighted by Gasteiger charge is 2.53. The molecule has 17 heavy (non-hydrogen) atoms. The van der Waals surface area contributed by atoms with E-state index in [1.165, 1.54) is 25.3 Å². The van der Waals surface area contributed by atoms with Crippen molar-refractivity contribution >= 4 is 11.8 Å². The van der Waals surface area contributed by atoms with Gasteiger partial charge in [-0.1, -0.05) is 12.1 Å². The van der Waals surface area contributed by atoms with Crippen molar-refractivity contribution in [3.8, 4) is 0 Å². The summed E-state index contributed by atoms with van der Waals surface area (Å²) in [5.41, 5.74) is -1.15. The number of Topliss-reactive ketones (excluding diaryl/α,β-unsaturated/α-hetero) is 1. The van der Waals surface area contributed by atoms with Gasteiger partial charge in [-0.05, 0) is 12.1 Å². The molecule has 1 saturated heterocycles. The lowest BCUT2D eigenvalue weighted by Crippen LogP contribution is -2.55. The fourth-order valence-electron chi connectivity index (χ4n) is 1.75. The van der Waals surface area contributed by atoms with E-state index in [4.69, 9.17) is 4.74 Å². The molecule has 0 bridgehead atoms. The van der Waals surface area contributed by atoms with Crippen LogP contribution in [0, 0.1) is 11.2 Å². The summed E-state index contributed by atoms with van der Waals surface area (Å²) in [6.45, 7) is -0.0377. The summed E-state index contributed by atoms with van der Waals surface area (Å²) < 4.78 is 22.5. The summed E-state index contributed by atoms with van der Waals surface area (Å²) in [5, 5.41) is 0. The predicted octanol–water partition coefficient (Wildman–Crippen LogP) is 1.20. The molecule has 4 nitrogen and oxygen atoms in total. The molecule has 1 heterocycles. The molecule has 0 saturated carbocycles. The van der Waals surface area contributed by atoms with Gasteiger partial charge in [0.05, 0.1) is 20.3 Å². The topological polar surface area (TPSA) is 52.6 Å². The Morgan fingerprint density at radius 1 is 1.41 bits per heavy atom. The summed E-state index contributed by atoms with van der Waals surface area (Å²) >= 11 is 0. The number of hydrogen-bond acceptors (Lipinski definition) is 4. The quantitative estimate of drug-likeness (QED) is 0.451. The van der Waals surface area contributed by atoms with E-state index in [2.05, 4.69) is 4.74 Å². The standard InChI is InChI=1S/C12H11FO4/c1-16-11(15)12(6-17-7-12)10(14)8-3-2-4-9(13)5-8/h2-5H,6-7H2,1H3. The first-order chi connectivity index (χ1) is 8.10. The minimum absolute atomic E-state index is 0.0188. The first kappa shape index (κ1) is 11.7. The molecule has 2 rings (SSSR count). The molecule has 90 valence electrons. The number of ketones is 1. The van der Waals surface area contributed by atoms with E-state index in [0.29, 0.717) is 0 Å². The van der Waals surface area contributed by atoms with Crippen molar-refractivity contribution in [1.29, 1.82) is 0 Å². The van der Waals surface area contributed by atoms with Gasteiger partial charge in [-0.15, -0.1) is 0 Å². The second-order valence-corrected chi connectivity index (χ2v) is 3.91. The van der Waals surface area contributed by atoms with Crippen molar-refractivity contribution in [2.45, 2.75) is 0 Å². The molecule has 0 unspecified atom stereocenters. The van der Waals surface area contributed by atoms with Gasteiger partial charge in [0, 0.05) is 5.56 Å². The van der Waals surface area contributed by atoms with Crippen LogP contribution in [-0.4, -0.2) is 32.1 Å². The van der Waals surface area contributed by atoms with Crippen molar-refractivity contribution < 1.29 is 23.5 Å². The van der Waals surface area contributed by atoms with Gasteiger partial charge >= 0.3 is 5.97 Å². The Bertz CT molecular complexity index is 465. The number of carbonyl (C=O) groups is 2. The van der Waals surface area contributed by atoms with Crippen molar-refractivity contribution in [3.63, 3.8) is 0 Å². The van der Waals surface area contributed by atoms with Gasteiger partial charge in [0.2, 0.25) is 0 Å². The number of esters is 1. The van der Waals surface area contributed by atoms with Gasteiger partial charge in [-0.2, -0.15) is 0 Å². The third-order valence-corrected chi connectivity index (χ3v) is 2.79. The summed E-state index contributed by atoms with van der Waals surface area (Å²) in [4.78, 5) is 23.8. The van der Waals surface area contributed by atoms with Gasteiger partial charge < -0.3 is 9.47 Å². The van der Waals surface area contributed by atoms with Crippen LogP contribution in [0.5, 0.6) is 0 Å². The predicted molar refractivity (Wildman–Crippen MR) is 56.0 cm³/mol.